The average molecular weight is 658 g/mol. The van der Waals surface area contributed by atoms with E-state index in [0.717, 1.165) is 77.5 Å². The molecule has 0 saturated carbocycles. The molecule has 0 unspecified atom stereocenters. The van der Waals surface area contributed by atoms with E-state index in [1.165, 1.54) is 3.96 Å². The summed E-state index contributed by atoms with van der Waals surface area (Å²) in [5, 5.41) is 12.7. The number of amides is 2. The van der Waals surface area contributed by atoms with E-state index in [1.807, 2.05) is 66.7 Å². The molecule has 0 bridgehead atoms. The third-order valence-electron chi connectivity index (χ3n) is 7.73. The van der Waals surface area contributed by atoms with Gasteiger partial charge in [0.2, 0.25) is 0 Å². The van der Waals surface area contributed by atoms with Gasteiger partial charge in [0.1, 0.15) is 18.2 Å². The van der Waals surface area contributed by atoms with Crippen molar-refractivity contribution in [2.45, 2.75) is 59.4 Å². The molecule has 0 spiro atoms. The van der Waals surface area contributed by atoms with Crippen LogP contribution in [-0.2, 0) is 12.0 Å². The molecule has 12 heteroatoms. The van der Waals surface area contributed by atoms with Crippen LogP contribution < -0.4 is 25.9 Å². The topological polar surface area (TPSA) is 126 Å². The summed E-state index contributed by atoms with van der Waals surface area (Å²) < 4.78 is 9.30. The first-order chi connectivity index (χ1) is 22.5. The van der Waals surface area contributed by atoms with Crippen LogP contribution in [-0.4, -0.2) is 55.9 Å². The number of hydrogen-bond donors (Lipinski definition) is 3. The molecule has 0 aliphatic rings. The number of urea groups is 1. The van der Waals surface area contributed by atoms with Crippen molar-refractivity contribution in [2.75, 3.05) is 36.9 Å². The highest BCUT2D eigenvalue weighted by Gasteiger charge is 2.22. The Hall–Kier alpha value is -4.68. The Morgan fingerprint density at radius 3 is 2.28 bits per heavy atom. The second kappa shape index (κ2) is 14.8. The highest BCUT2D eigenvalue weighted by Crippen LogP contribution is 2.32. The van der Waals surface area contributed by atoms with E-state index in [4.69, 9.17) is 9.84 Å². The molecule has 0 saturated heterocycles. The summed E-state index contributed by atoms with van der Waals surface area (Å²) in [6.45, 7) is 14.4. The standard InChI is InChI=1S/C35H43N7O4S/c1-6-18-40(19-7-2)20-21-46-29-17-16-28(26-10-8-9-11-27(26)29)36-32(43)37-31-22-30(35(3,4)5)39-42(31)25-14-12-24(13-15-25)23-41-33(44)38-34(45)47-41/h8-17,22H,6-7,18-21,23H2,1-5H3,(H2,36,37,43)(H,38,44,45). The van der Waals surface area contributed by atoms with E-state index < -0.39 is 11.7 Å². The number of carbonyl (C=O) groups excluding carboxylic acids is 1. The minimum atomic E-state index is -0.431. The molecule has 0 radical (unpaired) electrons. The summed E-state index contributed by atoms with van der Waals surface area (Å²) in [6.07, 6.45) is 2.22. The molecule has 2 heterocycles. The molecule has 0 atom stereocenters. The van der Waals surface area contributed by atoms with Crippen molar-refractivity contribution in [2.24, 2.45) is 0 Å². The van der Waals surface area contributed by atoms with Gasteiger partial charge in [-0.25, -0.2) is 18.2 Å². The van der Waals surface area contributed by atoms with Crippen molar-refractivity contribution in [3.8, 4) is 11.4 Å². The first kappa shape index (κ1) is 33.7. The number of nitrogens with zero attached hydrogens (tertiary/aromatic N) is 4. The Bertz CT molecular complexity index is 1930. The number of fused-ring (bicyclic) bond motifs is 1. The van der Waals surface area contributed by atoms with Crippen LogP contribution in [0.5, 0.6) is 5.75 Å². The Morgan fingerprint density at radius 1 is 0.936 bits per heavy atom. The molecule has 0 aliphatic heterocycles. The number of rotatable bonds is 13. The van der Waals surface area contributed by atoms with Gasteiger partial charge in [-0.05, 0) is 55.8 Å². The lowest BCUT2D eigenvalue weighted by Crippen LogP contribution is -2.30. The predicted octanol–water partition coefficient (Wildman–Crippen LogP) is 6.43. The van der Waals surface area contributed by atoms with Gasteiger partial charge in [0.15, 0.2) is 0 Å². The zero-order valence-corrected chi connectivity index (χ0v) is 28.4. The number of H-pyrrole nitrogens is 1. The van der Waals surface area contributed by atoms with Crippen LogP contribution in [0.2, 0.25) is 0 Å². The molecule has 5 rings (SSSR count). The van der Waals surface area contributed by atoms with Crippen LogP contribution >= 0.6 is 11.5 Å². The molecular weight excluding hydrogens is 614 g/mol. The maximum Gasteiger partial charge on any atom is 0.338 e. The third kappa shape index (κ3) is 8.38. The summed E-state index contributed by atoms with van der Waals surface area (Å²) in [6, 6.07) is 20.6. The summed E-state index contributed by atoms with van der Waals surface area (Å²) in [5.41, 5.74) is 2.36. The minimum Gasteiger partial charge on any atom is -0.492 e. The van der Waals surface area contributed by atoms with Gasteiger partial charge in [-0.3, -0.25) is 20.0 Å². The van der Waals surface area contributed by atoms with E-state index in [9.17, 15) is 14.4 Å². The fourth-order valence-corrected chi connectivity index (χ4v) is 6.06. The van der Waals surface area contributed by atoms with Gasteiger partial charge < -0.3 is 10.1 Å². The molecule has 3 aromatic carbocycles. The Balaban J connectivity index is 1.33. The van der Waals surface area contributed by atoms with Crippen molar-refractivity contribution >= 4 is 39.8 Å². The minimum absolute atomic E-state index is 0.263. The first-order valence-corrected chi connectivity index (χ1v) is 16.8. The second-order valence-corrected chi connectivity index (χ2v) is 13.5. The Kier molecular flexibility index (Phi) is 10.6. The molecule has 2 aromatic heterocycles. The SMILES string of the molecule is CCCN(CCC)CCOc1ccc(NC(=O)Nc2cc(C(C)(C)C)nn2-c2ccc(Cn3sc(=O)[nH]c3=O)cc2)c2ccccc12. The van der Waals surface area contributed by atoms with E-state index in [1.54, 1.807) is 4.68 Å². The number of hydrogen-bond acceptors (Lipinski definition) is 7. The number of aromatic nitrogens is 4. The van der Waals surface area contributed by atoms with Crippen molar-refractivity contribution < 1.29 is 9.53 Å². The Labute approximate surface area is 278 Å². The number of anilines is 2. The van der Waals surface area contributed by atoms with Crippen molar-refractivity contribution in [3.05, 3.63) is 98.1 Å². The summed E-state index contributed by atoms with van der Waals surface area (Å²) in [4.78, 5) is 41.2. The molecule has 47 heavy (non-hydrogen) atoms. The van der Waals surface area contributed by atoms with E-state index in [0.29, 0.717) is 18.1 Å². The number of ether oxygens (including phenoxy) is 1. The van der Waals surface area contributed by atoms with Crippen molar-refractivity contribution in [3.63, 3.8) is 0 Å². The van der Waals surface area contributed by atoms with Crippen molar-refractivity contribution in [1.29, 1.82) is 0 Å². The van der Waals surface area contributed by atoms with Gasteiger partial charge in [-0.15, -0.1) is 0 Å². The van der Waals surface area contributed by atoms with E-state index in [-0.39, 0.29) is 16.8 Å². The van der Waals surface area contributed by atoms with Gasteiger partial charge in [0, 0.05) is 40.3 Å². The largest absolute Gasteiger partial charge is 0.492 e. The lowest BCUT2D eigenvalue weighted by Gasteiger charge is -2.21. The van der Waals surface area contributed by atoms with Crippen LogP contribution in [0, 0.1) is 0 Å². The lowest BCUT2D eigenvalue weighted by molar-refractivity contribution is 0.210. The van der Waals surface area contributed by atoms with Crippen LogP contribution in [0.1, 0.15) is 58.7 Å². The zero-order valence-electron chi connectivity index (χ0n) is 27.6. The molecule has 11 nitrogen and oxygen atoms in total. The van der Waals surface area contributed by atoms with Crippen molar-refractivity contribution in [1.82, 2.24) is 23.6 Å². The van der Waals surface area contributed by atoms with Gasteiger partial charge >= 0.3 is 16.6 Å². The summed E-state index contributed by atoms with van der Waals surface area (Å²) in [5.74, 6) is 1.29. The molecular formula is C35H43N7O4S. The quantitative estimate of drug-likeness (QED) is 0.134. The fourth-order valence-electron chi connectivity index (χ4n) is 5.39. The van der Waals surface area contributed by atoms with Crippen LogP contribution in [0.4, 0.5) is 16.3 Å². The highest BCUT2D eigenvalue weighted by atomic mass is 32.1. The van der Waals surface area contributed by atoms with Crippen LogP contribution in [0.25, 0.3) is 16.5 Å². The predicted molar refractivity (Wildman–Crippen MR) is 190 cm³/mol. The summed E-state index contributed by atoms with van der Waals surface area (Å²) >= 11 is 0.847. The Morgan fingerprint density at radius 2 is 1.64 bits per heavy atom. The zero-order chi connectivity index (χ0) is 33.6. The maximum atomic E-state index is 13.5. The molecule has 0 aliphatic carbocycles. The average Bonchev–Trinajstić information content (AvgIpc) is 3.60. The van der Waals surface area contributed by atoms with Gasteiger partial charge in [0.25, 0.3) is 0 Å². The second-order valence-electron chi connectivity index (χ2n) is 12.5. The third-order valence-corrected chi connectivity index (χ3v) is 8.52. The van der Waals surface area contributed by atoms with Gasteiger partial charge in [0.05, 0.1) is 23.6 Å². The number of carbonyl (C=O) groups is 1. The van der Waals surface area contributed by atoms with E-state index >= 15 is 0 Å². The molecule has 2 amide bonds. The monoisotopic (exact) mass is 657 g/mol. The first-order valence-electron chi connectivity index (χ1n) is 16.0. The molecule has 248 valence electrons. The van der Waals surface area contributed by atoms with Gasteiger partial charge in [-0.1, -0.05) is 71.0 Å². The fraction of sp³-hybridized carbons (Fsp3) is 0.371. The molecule has 3 N–H and O–H groups in total. The van der Waals surface area contributed by atoms with Crippen LogP contribution in [0.15, 0.2) is 76.3 Å². The van der Waals surface area contributed by atoms with Gasteiger partial charge in [-0.2, -0.15) is 5.10 Å². The number of aromatic amines is 1. The number of benzene rings is 3. The maximum absolute atomic E-state index is 13.5. The molecule has 0 fully saturated rings. The highest BCUT2D eigenvalue weighted by molar-refractivity contribution is 7.03. The van der Waals surface area contributed by atoms with E-state index in [2.05, 4.69) is 55.1 Å². The smallest absolute Gasteiger partial charge is 0.338 e. The molecule has 5 aromatic rings. The summed E-state index contributed by atoms with van der Waals surface area (Å²) in [7, 11) is 0. The number of nitrogens with one attached hydrogen (secondary N) is 3. The lowest BCUT2D eigenvalue weighted by atomic mass is 9.92. The van der Waals surface area contributed by atoms with Crippen LogP contribution in [0.3, 0.4) is 0 Å². The normalized spacial score (nSPS) is 11.7.